The highest BCUT2D eigenvalue weighted by atomic mass is 32.1. The van der Waals surface area contributed by atoms with Crippen LogP contribution in [-0.4, -0.2) is 28.1 Å². The minimum absolute atomic E-state index is 0.620. The molecule has 0 aromatic carbocycles. The van der Waals surface area contributed by atoms with Crippen molar-refractivity contribution in [1.82, 2.24) is 4.90 Å². The van der Waals surface area contributed by atoms with E-state index in [2.05, 4.69) is 30.9 Å². The average Bonchev–Trinajstić information content (AvgIpc) is 2.98. The third-order valence-electron chi connectivity index (χ3n) is 4.10. The fourth-order valence-corrected chi connectivity index (χ4v) is 4.07. The molecule has 2 rings (SSSR count). The molecule has 1 saturated heterocycles. The van der Waals surface area contributed by atoms with Gasteiger partial charge in [-0.25, -0.2) is 0 Å². The Labute approximate surface area is 119 Å². The van der Waals surface area contributed by atoms with Crippen molar-refractivity contribution >= 4 is 17.3 Å². The molecule has 0 aliphatic carbocycles. The van der Waals surface area contributed by atoms with Gasteiger partial charge >= 0.3 is 5.97 Å². The van der Waals surface area contributed by atoms with Gasteiger partial charge in [0.25, 0.3) is 0 Å². The van der Waals surface area contributed by atoms with Crippen LogP contribution in [0.25, 0.3) is 0 Å². The predicted molar refractivity (Wildman–Crippen MR) is 78.6 cm³/mol. The Morgan fingerprint density at radius 2 is 2.16 bits per heavy atom. The van der Waals surface area contributed by atoms with E-state index in [1.807, 2.05) is 11.3 Å². The van der Waals surface area contributed by atoms with Gasteiger partial charge in [-0.1, -0.05) is 20.3 Å². The van der Waals surface area contributed by atoms with Crippen LogP contribution in [0.5, 0.6) is 0 Å². The number of aryl methyl sites for hydroxylation is 1. The molecule has 1 aromatic rings. The second-order valence-corrected chi connectivity index (χ2v) is 6.59. The molecule has 19 heavy (non-hydrogen) atoms. The molecule has 1 fully saturated rings. The van der Waals surface area contributed by atoms with Gasteiger partial charge in [-0.3, -0.25) is 9.69 Å². The van der Waals surface area contributed by atoms with Crippen molar-refractivity contribution in [1.29, 1.82) is 0 Å². The Morgan fingerprint density at radius 3 is 2.74 bits per heavy atom. The zero-order chi connectivity index (χ0) is 13.9. The van der Waals surface area contributed by atoms with E-state index in [4.69, 9.17) is 0 Å². The number of carboxylic acids is 1. The highest BCUT2D eigenvalue weighted by molar-refractivity contribution is 7.11. The van der Waals surface area contributed by atoms with E-state index in [0.29, 0.717) is 0 Å². The first-order valence-corrected chi connectivity index (χ1v) is 8.00. The molecular formula is C15H23NO2S. The van der Waals surface area contributed by atoms with Gasteiger partial charge in [-0.15, -0.1) is 11.3 Å². The molecule has 4 heteroatoms. The van der Waals surface area contributed by atoms with Crippen LogP contribution in [0.2, 0.25) is 0 Å². The van der Waals surface area contributed by atoms with Crippen LogP contribution < -0.4 is 0 Å². The third kappa shape index (κ3) is 2.84. The van der Waals surface area contributed by atoms with Crippen molar-refractivity contribution in [2.45, 2.75) is 58.0 Å². The summed E-state index contributed by atoms with van der Waals surface area (Å²) >= 11 is 1.82. The maximum Gasteiger partial charge on any atom is 0.324 e. The van der Waals surface area contributed by atoms with Crippen LogP contribution in [0.15, 0.2) is 12.1 Å². The maximum atomic E-state index is 11.7. The standard InChI is InChI=1S/C15H23NO2S/c1-3-8-15(14(17)18)9-5-10-16(15)11-13-7-6-12(4-2)19-13/h6-7H,3-5,8-11H2,1-2H3,(H,17,18). The Hall–Kier alpha value is -0.870. The van der Waals surface area contributed by atoms with Gasteiger partial charge in [0.05, 0.1) is 0 Å². The Morgan fingerprint density at radius 1 is 1.42 bits per heavy atom. The number of aliphatic carboxylic acids is 1. The van der Waals surface area contributed by atoms with Gasteiger partial charge in [0.2, 0.25) is 0 Å². The number of rotatable bonds is 6. The molecule has 0 saturated carbocycles. The quantitative estimate of drug-likeness (QED) is 0.867. The molecule has 0 radical (unpaired) electrons. The summed E-state index contributed by atoms with van der Waals surface area (Å²) in [6.07, 6.45) is 4.53. The molecular weight excluding hydrogens is 258 g/mol. The van der Waals surface area contributed by atoms with E-state index in [-0.39, 0.29) is 0 Å². The lowest BCUT2D eigenvalue weighted by Gasteiger charge is -2.34. The summed E-state index contributed by atoms with van der Waals surface area (Å²) in [5, 5.41) is 9.66. The van der Waals surface area contributed by atoms with Crippen LogP contribution in [0.1, 0.15) is 49.3 Å². The van der Waals surface area contributed by atoms with Crippen LogP contribution >= 0.6 is 11.3 Å². The van der Waals surface area contributed by atoms with Gasteiger partial charge in [-0.05, 0) is 44.4 Å². The number of hydrogen-bond donors (Lipinski definition) is 1. The number of nitrogens with zero attached hydrogens (tertiary/aromatic N) is 1. The summed E-state index contributed by atoms with van der Waals surface area (Å²) < 4.78 is 0. The molecule has 0 bridgehead atoms. The number of carbonyl (C=O) groups is 1. The number of thiophene rings is 1. The zero-order valence-corrected chi connectivity index (χ0v) is 12.6. The lowest BCUT2D eigenvalue weighted by molar-refractivity contribution is -0.150. The van der Waals surface area contributed by atoms with Gasteiger partial charge in [0.15, 0.2) is 0 Å². The molecule has 1 unspecified atom stereocenters. The molecule has 0 spiro atoms. The van der Waals surface area contributed by atoms with E-state index in [0.717, 1.165) is 45.2 Å². The van der Waals surface area contributed by atoms with Gasteiger partial charge in [-0.2, -0.15) is 0 Å². The summed E-state index contributed by atoms with van der Waals surface area (Å²) in [4.78, 5) is 16.6. The Balaban J connectivity index is 2.15. The Bertz CT molecular complexity index is 443. The lowest BCUT2D eigenvalue weighted by atomic mass is 9.90. The monoisotopic (exact) mass is 281 g/mol. The lowest BCUT2D eigenvalue weighted by Crippen LogP contribution is -2.49. The molecule has 1 aliphatic rings. The molecule has 1 aromatic heterocycles. The Kier molecular flexibility index (Phi) is 4.63. The second kappa shape index (κ2) is 6.06. The van der Waals surface area contributed by atoms with Crippen LogP contribution in [0.4, 0.5) is 0 Å². The molecule has 3 nitrogen and oxygen atoms in total. The molecule has 0 amide bonds. The molecule has 2 heterocycles. The van der Waals surface area contributed by atoms with Crippen molar-refractivity contribution in [3.8, 4) is 0 Å². The molecule has 1 N–H and O–H groups in total. The van der Waals surface area contributed by atoms with E-state index in [1.54, 1.807) is 0 Å². The largest absolute Gasteiger partial charge is 0.480 e. The summed E-state index contributed by atoms with van der Waals surface area (Å²) in [5.74, 6) is -0.640. The van der Waals surface area contributed by atoms with Crippen molar-refractivity contribution in [2.75, 3.05) is 6.54 Å². The van der Waals surface area contributed by atoms with Crippen molar-refractivity contribution in [3.05, 3.63) is 21.9 Å². The van der Waals surface area contributed by atoms with Crippen LogP contribution in [0.3, 0.4) is 0 Å². The highest BCUT2D eigenvalue weighted by Crippen LogP contribution is 2.36. The zero-order valence-electron chi connectivity index (χ0n) is 11.8. The first-order chi connectivity index (χ1) is 9.12. The predicted octanol–water partition coefficient (Wildman–Crippen LogP) is 3.53. The minimum Gasteiger partial charge on any atom is -0.480 e. The molecule has 1 atom stereocenters. The topological polar surface area (TPSA) is 40.5 Å². The maximum absolute atomic E-state index is 11.7. The fourth-order valence-electron chi connectivity index (χ4n) is 3.10. The van der Waals surface area contributed by atoms with E-state index < -0.39 is 11.5 Å². The average molecular weight is 281 g/mol. The van der Waals surface area contributed by atoms with E-state index in [1.165, 1.54) is 9.75 Å². The minimum atomic E-state index is -0.640. The fraction of sp³-hybridized carbons (Fsp3) is 0.667. The molecule has 1 aliphatic heterocycles. The van der Waals surface area contributed by atoms with E-state index in [9.17, 15) is 9.90 Å². The van der Waals surface area contributed by atoms with Gasteiger partial charge in [0.1, 0.15) is 5.54 Å². The normalized spacial score (nSPS) is 23.9. The van der Waals surface area contributed by atoms with Crippen molar-refractivity contribution in [3.63, 3.8) is 0 Å². The third-order valence-corrected chi connectivity index (χ3v) is 5.31. The van der Waals surface area contributed by atoms with Gasteiger partial charge in [0, 0.05) is 16.3 Å². The van der Waals surface area contributed by atoms with Crippen molar-refractivity contribution in [2.24, 2.45) is 0 Å². The van der Waals surface area contributed by atoms with Gasteiger partial charge < -0.3 is 5.11 Å². The number of carboxylic acid groups (broad SMARTS) is 1. The second-order valence-electron chi connectivity index (χ2n) is 5.33. The van der Waals surface area contributed by atoms with Crippen molar-refractivity contribution < 1.29 is 9.90 Å². The first kappa shape index (κ1) is 14.5. The summed E-state index contributed by atoms with van der Waals surface area (Å²) in [7, 11) is 0. The first-order valence-electron chi connectivity index (χ1n) is 7.18. The molecule has 106 valence electrons. The highest BCUT2D eigenvalue weighted by Gasteiger charge is 2.46. The van der Waals surface area contributed by atoms with E-state index >= 15 is 0 Å². The van der Waals surface area contributed by atoms with Crippen LogP contribution in [-0.2, 0) is 17.8 Å². The SMILES string of the molecule is CCCC1(C(=O)O)CCCN1Cc1ccc(CC)s1. The van der Waals surface area contributed by atoms with Crippen LogP contribution in [0, 0.1) is 0 Å². The summed E-state index contributed by atoms with van der Waals surface area (Å²) in [5.41, 5.74) is -0.620. The summed E-state index contributed by atoms with van der Waals surface area (Å²) in [6.45, 7) is 5.92. The summed E-state index contributed by atoms with van der Waals surface area (Å²) in [6, 6.07) is 4.32. The smallest absolute Gasteiger partial charge is 0.324 e. The number of likely N-dealkylation sites (tertiary alicyclic amines) is 1. The number of hydrogen-bond acceptors (Lipinski definition) is 3.